The highest BCUT2D eigenvalue weighted by Gasteiger charge is 2.16. The van der Waals surface area contributed by atoms with Gasteiger partial charge in [0.2, 0.25) is 0 Å². The number of nitrogens with one attached hydrogen (secondary N) is 1. The van der Waals surface area contributed by atoms with E-state index in [9.17, 15) is 9.59 Å². The molecule has 2 rings (SSSR count). The average molecular weight is 403 g/mol. The number of amides is 1. The van der Waals surface area contributed by atoms with Crippen LogP contribution in [0.2, 0.25) is 15.1 Å². The molecule has 0 saturated heterocycles. The Labute approximate surface area is 159 Å². The van der Waals surface area contributed by atoms with E-state index in [1.165, 1.54) is 19.2 Å². The molecule has 8 heteroatoms. The molecule has 0 heterocycles. The Morgan fingerprint density at radius 3 is 2.12 bits per heavy atom. The lowest BCUT2D eigenvalue weighted by molar-refractivity contribution is -0.147. The Kier molecular flexibility index (Phi) is 6.53. The molecular formula is C17H14Cl3NO4. The number of anilines is 1. The lowest BCUT2D eigenvalue weighted by Crippen LogP contribution is -2.24. The molecule has 0 radical (unpaired) electrons. The zero-order valence-corrected chi connectivity index (χ0v) is 15.6. The molecule has 0 aliphatic carbocycles. The first-order chi connectivity index (χ1) is 11.8. The van der Waals surface area contributed by atoms with E-state index in [4.69, 9.17) is 39.5 Å². The number of methoxy groups -OCH3 is 1. The number of carbonyl (C=O) groups excluding carboxylic acids is 2. The summed E-state index contributed by atoms with van der Waals surface area (Å²) in [7, 11) is 1.28. The second-order valence-corrected chi connectivity index (χ2v) is 6.26. The van der Waals surface area contributed by atoms with Crippen molar-refractivity contribution < 1.29 is 19.1 Å². The number of ether oxygens (including phenoxy) is 2. The van der Waals surface area contributed by atoms with Gasteiger partial charge in [0.25, 0.3) is 5.91 Å². The minimum absolute atomic E-state index is 0.234. The van der Waals surface area contributed by atoms with Gasteiger partial charge in [-0.05, 0) is 43.3 Å². The molecule has 0 bridgehead atoms. The maximum Gasteiger partial charge on any atom is 0.346 e. The molecule has 1 unspecified atom stereocenters. The van der Waals surface area contributed by atoms with Crippen molar-refractivity contribution in [1.29, 1.82) is 0 Å². The zero-order chi connectivity index (χ0) is 18.6. The fourth-order valence-corrected chi connectivity index (χ4v) is 2.86. The maximum absolute atomic E-state index is 12.3. The smallest absolute Gasteiger partial charge is 0.346 e. The van der Waals surface area contributed by atoms with Gasteiger partial charge >= 0.3 is 5.97 Å². The minimum Gasteiger partial charge on any atom is -0.479 e. The van der Waals surface area contributed by atoms with Crippen LogP contribution in [-0.2, 0) is 9.53 Å². The molecule has 1 N–H and O–H groups in total. The van der Waals surface area contributed by atoms with Crippen molar-refractivity contribution in [2.45, 2.75) is 13.0 Å². The molecule has 0 fully saturated rings. The highest BCUT2D eigenvalue weighted by atomic mass is 35.5. The summed E-state index contributed by atoms with van der Waals surface area (Å²) in [6.07, 6.45) is -0.753. The van der Waals surface area contributed by atoms with Crippen LogP contribution in [0.15, 0.2) is 36.4 Å². The molecule has 0 saturated carbocycles. The van der Waals surface area contributed by atoms with E-state index >= 15 is 0 Å². The highest BCUT2D eigenvalue weighted by molar-refractivity contribution is 6.42. The van der Waals surface area contributed by atoms with Gasteiger partial charge < -0.3 is 14.8 Å². The molecule has 2 aromatic carbocycles. The predicted molar refractivity (Wildman–Crippen MR) is 98.0 cm³/mol. The number of halogens is 3. The number of rotatable bonds is 5. The van der Waals surface area contributed by atoms with E-state index in [1.54, 1.807) is 31.2 Å². The SMILES string of the molecule is COC(=O)C(C)Oc1ccc(C(=O)Nc2c(Cl)cc(Cl)cc2Cl)cc1. The van der Waals surface area contributed by atoms with Gasteiger partial charge in [-0.1, -0.05) is 34.8 Å². The quantitative estimate of drug-likeness (QED) is 0.727. The molecule has 25 heavy (non-hydrogen) atoms. The van der Waals surface area contributed by atoms with Gasteiger partial charge in [-0.3, -0.25) is 4.79 Å². The fraction of sp³-hybridized carbons (Fsp3) is 0.176. The van der Waals surface area contributed by atoms with Crippen LogP contribution in [0.5, 0.6) is 5.75 Å². The largest absolute Gasteiger partial charge is 0.479 e. The highest BCUT2D eigenvalue weighted by Crippen LogP contribution is 2.34. The number of benzene rings is 2. The minimum atomic E-state index is -0.753. The molecule has 0 aliphatic rings. The van der Waals surface area contributed by atoms with Crippen LogP contribution in [0.25, 0.3) is 0 Å². The molecule has 0 spiro atoms. The summed E-state index contributed by atoms with van der Waals surface area (Å²) in [6.45, 7) is 1.57. The number of esters is 1. The van der Waals surface area contributed by atoms with E-state index in [0.717, 1.165) is 0 Å². The van der Waals surface area contributed by atoms with E-state index in [0.29, 0.717) is 16.3 Å². The third kappa shape index (κ3) is 5.01. The maximum atomic E-state index is 12.3. The molecule has 0 aliphatic heterocycles. The van der Waals surface area contributed by atoms with Gasteiger partial charge in [-0.25, -0.2) is 4.79 Å². The van der Waals surface area contributed by atoms with Crippen LogP contribution in [-0.4, -0.2) is 25.1 Å². The Balaban J connectivity index is 2.10. The van der Waals surface area contributed by atoms with Crippen molar-refractivity contribution in [1.82, 2.24) is 0 Å². The van der Waals surface area contributed by atoms with Gasteiger partial charge in [-0.2, -0.15) is 0 Å². The molecule has 1 amide bonds. The van der Waals surface area contributed by atoms with Crippen molar-refractivity contribution in [3.8, 4) is 5.75 Å². The summed E-state index contributed by atoms with van der Waals surface area (Å²) in [4.78, 5) is 23.7. The lowest BCUT2D eigenvalue weighted by Gasteiger charge is -2.13. The predicted octanol–water partition coefficient (Wildman–Crippen LogP) is 4.84. The second kappa shape index (κ2) is 8.43. The molecule has 5 nitrogen and oxygen atoms in total. The Hall–Kier alpha value is -1.95. The first-order valence-corrected chi connectivity index (χ1v) is 8.25. The monoisotopic (exact) mass is 401 g/mol. The van der Waals surface area contributed by atoms with Gasteiger partial charge in [0, 0.05) is 10.6 Å². The molecular weight excluding hydrogens is 389 g/mol. The Morgan fingerprint density at radius 1 is 1.04 bits per heavy atom. The first-order valence-electron chi connectivity index (χ1n) is 7.12. The van der Waals surface area contributed by atoms with Crippen molar-refractivity contribution in [3.05, 3.63) is 57.0 Å². The number of carbonyl (C=O) groups is 2. The molecule has 0 aromatic heterocycles. The standard InChI is InChI=1S/C17H14Cl3NO4/c1-9(17(23)24-2)25-12-5-3-10(4-6-12)16(22)21-15-13(19)7-11(18)8-14(15)20/h3-9H,1-2H3,(H,21,22). The summed E-state index contributed by atoms with van der Waals surface area (Å²) in [6, 6.07) is 9.20. The van der Waals surface area contributed by atoms with E-state index in [-0.39, 0.29) is 15.7 Å². The van der Waals surface area contributed by atoms with Crippen molar-refractivity contribution in [2.75, 3.05) is 12.4 Å². The van der Waals surface area contributed by atoms with Crippen LogP contribution < -0.4 is 10.1 Å². The van der Waals surface area contributed by atoms with Crippen molar-refractivity contribution in [3.63, 3.8) is 0 Å². The van der Waals surface area contributed by atoms with Crippen LogP contribution >= 0.6 is 34.8 Å². The topological polar surface area (TPSA) is 64.6 Å². The van der Waals surface area contributed by atoms with E-state index < -0.39 is 18.0 Å². The summed E-state index contributed by atoms with van der Waals surface area (Å²) in [5, 5.41) is 3.47. The summed E-state index contributed by atoms with van der Waals surface area (Å²) in [5.74, 6) is -0.468. The van der Waals surface area contributed by atoms with Crippen molar-refractivity contribution >= 4 is 52.4 Å². The summed E-state index contributed by atoms with van der Waals surface area (Å²) in [5.41, 5.74) is 0.637. The summed E-state index contributed by atoms with van der Waals surface area (Å²) >= 11 is 17.9. The fourth-order valence-electron chi connectivity index (χ4n) is 1.95. The van der Waals surface area contributed by atoms with Gasteiger partial charge in [0.15, 0.2) is 6.10 Å². The second-order valence-electron chi connectivity index (χ2n) is 5.01. The van der Waals surface area contributed by atoms with Crippen LogP contribution in [0, 0.1) is 0 Å². The van der Waals surface area contributed by atoms with Gasteiger partial charge in [0.05, 0.1) is 22.8 Å². The first kappa shape index (κ1) is 19.4. The molecule has 132 valence electrons. The van der Waals surface area contributed by atoms with Gasteiger partial charge in [-0.15, -0.1) is 0 Å². The molecule has 1 atom stereocenters. The summed E-state index contributed by atoms with van der Waals surface area (Å²) < 4.78 is 9.99. The van der Waals surface area contributed by atoms with Crippen LogP contribution in [0.3, 0.4) is 0 Å². The third-order valence-electron chi connectivity index (χ3n) is 3.21. The number of hydrogen-bond donors (Lipinski definition) is 1. The normalized spacial score (nSPS) is 11.6. The number of hydrogen-bond acceptors (Lipinski definition) is 4. The molecule has 2 aromatic rings. The van der Waals surface area contributed by atoms with Crippen molar-refractivity contribution in [2.24, 2.45) is 0 Å². The average Bonchev–Trinajstić information content (AvgIpc) is 2.57. The Bertz CT molecular complexity index is 770. The Morgan fingerprint density at radius 2 is 1.60 bits per heavy atom. The lowest BCUT2D eigenvalue weighted by atomic mass is 10.2. The third-order valence-corrected chi connectivity index (χ3v) is 4.02. The van der Waals surface area contributed by atoms with E-state index in [2.05, 4.69) is 10.1 Å². The van der Waals surface area contributed by atoms with E-state index in [1.807, 2.05) is 0 Å². The van der Waals surface area contributed by atoms with Gasteiger partial charge in [0.1, 0.15) is 5.75 Å². The van der Waals surface area contributed by atoms with Crippen LogP contribution in [0.1, 0.15) is 17.3 Å². The van der Waals surface area contributed by atoms with Crippen LogP contribution in [0.4, 0.5) is 5.69 Å². The zero-order valence-electron chi connectivity index (χ0n) is 13.3.